The molecule has 0 aromatic carbocycles. The van der Waals surface area contributed by atoms with Gasteiger partial charge in [-0.25, -0.2) is 0 Å². The maximum absolute atomic E-state index is 6.02. The van der Waals surface area contributed by atoms with Gasteiger partial charge in [-0.15, -0.1) is 0 Å². The maximum Gasteiger partial charge on any atom is 0.147 e. The van der Waals surface area contributed by atoms with Crippen molar-refractivity contribution in [3.63, 3.8) is 0 Å². The molecule has 6 heteroatoms. The number of anilines is 2. The van der Waals surface area contributed by atoms with Gasteiger partial charge in [-0.1, -0.05) is 6.07 Å². The molecule has 2 saturated heterocycles. The molecule has 2 bridgehead atoms. The van der Waals surface area contributed by atoms with Crippen LogP contribution in [0.15, 0.2) is 24.5 Å². The standard InChI is InChI=1S/C14H16N4OS/c15-13-12(8-2-1-5-16-7-8)14(20-18-13)17-10-6-9-3-4-11(10)19-9/h1-2,5,7,9-11,17H,3-4,6H2,(H2,15,18). The number of rotatable bonds is 3. The number of nitrogens with zero attached hydrogens (tertiary/aromatic N) is 2. The lowest BCUT2D eigenvalue weighted by Gasteiger charge is -2.20. The fourth-order valence-electron chi connectivity index (χ4n) is 3.15. The lowest BCUT2D eigenvalue weighted by Crippen LogP contribution is -2.30. The zero-order chi connectivity index (χ0) is 13.5. The van der Waals surface area contributed by atoms with Crippen LogP contribution >= 0.6 is 11.5 Å². The Bertz CT molecular complexity index is 615. The third-order valence-electron chi connectivity index (χ3n) is 4.09. The molecule has 20 heavy (non-hydrogen) atoms. The Morgan fingerprint density at radius 2 is 2.35 bits per heavy atom. The van der Waals surface area contributed by atoms with Crippen LogP contribution in [0.1, 0.15) is 19.3 Å². The lowest BCUT2D eigenvalue weighted by atomic mass is 9.95. The third-order valence-corrected chi connectivity index (χ3v) is 4.88. The Hall–Kier alpha value is -1.66. The number of pyridine rings is 1. The van der Waals surface area contributed by atoms with Gasteiger partial charge in [0.15, 0.2) is 0 Å². The number of hydrogen-bond acceptors (Lipinski definition) is 6. The number of nitrogens with one attached hydrogen (secondary N) is 1. The second-order valence-electron chi connectivity index (χ2n) is 5.37. The SMILES string of the molecule is Nc1nsc(NC2CC3CCC2O3)c1-c1cccnc1. The van der Waals surface area contributed by atoms with E-state index in [2.05, 4.69) is 14.7 Å². The van der Waals surface area contributed by atoms with Gasteiger partial charge in [-0.2, -0.15) is 4.37 Å². The highest BCUT2D eigenvalue weighted by atomic mass is 32.1. The Morgan fingerprint density at radius 1 is 1.40 bits per heavy atom. The number of hydrogen-bond donors (Lipinski definition) is 2. The predicted molar refractivity (Wildman–Crippen MR) is 79.7 cm³/mol. The van der Waals surface area contributed by atoms with Gasteiger partial charge < -0.3 is 15.8 Å². The van der Waals surface area contributed by atoms with E-state index in [1.54, 1.807) is 6.20 Å². The van der Waals surface area contributed by atoms with Crippen molar-refractivity contribution in [2.24, 2.45) is 0 Å². The summed E-state index contributed by atoms with van der Waals surface area (Å²) in [6.07, 6.45) is 7.78. The average Bonchev–Trinajstić information content (AvgIpc) is 3.16. The Balaban J connectivity index is 1.63. The molecule has 3 unspecified atom stereocenters. The smallest absolute Gasteiger partial charge is 0.147 e. The first kappa shape index (κ1) is 12.1. The van der Waals surface area contributed by atoms with Crippen LogP contribution < -0.4 is 11.1 Å². The van der Waals surface area contributed by atoms with E-state index in [-0.39, 0.29) is 0 Å². The minimum atomic E-state index is 0.338. The van der Waals surface area contributed by atoms with Crippen molar-refractivity contribution in [1.82, 2.24) is 9.36 Å². The molecule has 0 radical (unpaired) electrons. The summed E-state index contributed by atoms with van der Waals surface area (Å²) < 4.78 is 10.2. The number of fused-ring (bicyclic) bond motifs is 2. The van der Waals surface area contributed by atoms with Crippen LogP contribution in [-0.2, 0) is 4.74 Å². The van der Waals surface area contributed by atoms with Gasteiger partial charge in [-0.05, 0) is 36.9 Å². The molecular formula is C14H16N4OS. The highest BCUT2D eigenvalue weighted by Gasteiger charge is 2.41. The second-order valence-corrected chi connectivity index (χ2v) is 6.15. The summed E-state index contributed by atoms with van der Waals surface area (Å²) in [6, 6.07) is 4.30. The molecule has 2 aromatic heterocycles. The van der Waals surface area contributed by atoms with Crippen LogP contribution in [0.2, 0.25) is 0 Å². The first-order valence-corrected chi connectivity index (χ1v) is 7.66. The molecule has 0 saturated carbocycles. The van der Waals surface area contributed by atoms with Crippen LogP contribution in [0.3, 0.4) is 0 Å². The summed E-state index contributed by atoms with van der Waals surface area (Å²) >= 11 is 1.42. The summed E-state index contributed by atoms with van der Waals surface area (Å²) in [7, 11) is 0. The molecule has 3 atom stereocenters. The van der Waals surface area contributed by atoms with E-state index in [9.17, 15) is 0 Å². The quantitative estimate of drug-likeness (QED) is 0.908. The van der Waals surface area contributed by atoms with E-state index >= 15 is 0 Å². The van der Waals surface area contributed by atoms with E-state index in [0.29, 0.717) is 24.1 Å². The number of nitrogen functional groups attached to an aromatic ring is 1. The Morgan fingerprint density at radius 3 is 3.05 bits per heavy atom. The Kier molecular flexibility index (Phi) is 2.85. The van der Waals surface area contributed by atoms with Gasteiger partial charge in [-0.3, -0.25) is 4.98 Å². The van der Waals surface area contributed by atoms with Crippen molar-refractivity contribution in [2.75, 3.05) is 11.1 Å². The van der Waals surface area contributed by atoms with E-state index in [1.807, 2.05) is 18.3 Å². The molecule has 2 aromatic rings. The minimum absolute atomic E-state index is 0.338. The van der Waals surface area contributed by atoms with Crippen molar-refractivity contribution in [2.45, 2.75) is 37.5 Å². The molecule has 3 N–H and O–H groups in total. The Labute approximate surface area is 121 Å². The van der Waals surface area contributed by atoms with Crippen LogP contribution in [0, 0.1) is 0 Å². The van der Waals surface area contributed by atoms with Crippen LogP contribution in [0.5, 0.6) is 0 Å². The lowest BCUT2D eigenvalue weighted by molar-refractivity contribution is 0.102. The van der Waals surface area contributed by atoms with Crippen molar-refractivity contribution in [1.29, 1.82) is 0 Å². The summed E-state index contributed by atoms with van der Waals surface area (Å²) in [5, 5.41) is 4.61. The summed E-state index contributed by atoms with van der Waals surface area (Å²) in [6.45, 7) is 0. The molecule has 2 aliphatic rings. The molecule has 0 amide bonds. The van der Waals surface area contributed by atoms with Crippen molar-refractivity contribution in [3.05, 3.63) is 24.5 Å². The van der Waals surface area contributed by atoms with Gasteiger partial charge >= 0.3 is 0 Å². The van der Waals surface area contributed by atoms with Gasteiger partial charge in [0.25, 0.3) is 0 Å². The van der Waals surface area contributed by atoms with Crippen LogP contribution in [0.4, 0.5) is 10.8 Å². The van der Waals surface area contributed by atoms with Crippen LogP contribution in [-0.4, -0.2) is 27.6 Å². The first-order chi connectivity index (χ1) is 9.81. The van der Waals surface area contributed by atoms with E-state index in [1.165, 1.54) is 18.0 Å². The average molecular weight is 288 g/mol. The van der Waals surface area contributed by atoms with Gasteiger partial charge in [0.1, 0.15) is 10.8 Å². The molecule has 0 spiro atoms. The van der Waals surface area contributed by atoms with Gasteiger partial charge in [0.05, 0.1) is 23.8 Å². The van der Waals surface area contributed by atoms with Crippen LogP contribution in [0.25, 0.3) is 11.1 Å². The topological polar surface area (TPSA) is 73.1 Å². The summed E-state index contributed by atoms with van der Waals surface area (Å²) in [5.41, 5.74) is 7.99. The zero-order valence-electron chi connectivity index (χ0n) is 11.0. The van der Waals surface area contributed by atoms with Crippen molar-refractivity contribution >= 4 is 22.4 Å². The van der Waals surface area contributed by atoms with Gasteiger partial charge in [0.2, 0.25) is 0 Å². The van der Waals surface area contributed by atoms with Crippen molar-refractivity contribution in [3.8, 4) is 11.1 Å². The largest absolute Gasteiger partial charge is 0.382 e. The predicted octanol–water partition coefficient (Wildman–Crippen LogP) is 2.52. The molecule has 2 fully saturated rings. The first-order valence-electron chi connectivity index (χ1n) is 6.89. The zero-order valence-corrected chi connectivity index (χ0v) is 11.8. The number of aromatic nitrogens is 2. The molecule has 4 rings (SSSR count). The molecule has 2 aliphatic heterocycles. The van der Waals surface area contributed by atoms with E-state index in [4.69, 9.17) is 10.5 Å². The van der Waals surface area contributed by atoms with Crippen molar-refractivity contribution < 1.29 is 4.74 Å². The maximum atomic E-state index is 6.02. The monoisotopic (exact) mass is 288 g/mol. The fourth-order valence-corrected chi connectivity index (χ4v) is 3.95. The summed E-state index contributed by atoms with van der Waals surface area (Å²) in [5.74, 6) is 0.564. The molecule has 4 heterocycles. The highest BCUT2D eigenvalue weighted by molar-refractivity contribution is 7.11. The third kappa shape index (κ3) is 1.96. The molecular weight excluding hydrogens is 272 g/mol. The molecule has 104 valence electrons. The van der Waals surface area contributed by atoms with E-state index in [0.717, 1.165) is 29.0 Å². The highest BCUT2D eigenvalue weighted by Crippen LogP contribution is 2.41. The van der Waals surface area contributed by atoms with Gasteiger partial charge in [0, 0.05) is 18.0 Å². The molecule has 5 nitrogen and oxygen atoms in total. The number of ether oxygens (including phenoxy) is 1. The fraction of sp³-hybridized carbons (Fsp3) is 0.429. The molecule has 0 aliphatic carbocycles. The normalized spacial score (nSPS) is 27.9. The minimum Gasteiger partial charge on any atom is -0.382 e. The number of nitrogens with two attached hydrogens (primary N) is 1. The second kappa shape index (κ2) is 4.71. The van der Waals surface area contributed by atoms with E-state index < -0.39 is 0 Å². The summed E-state index contributed by atoms with van der Waals surface area (Å²) in [4.78, 5) is 4.16.